The second kappa shape index (κ2) is 6.10. The van der Waals surface area contributed by atoms with E-state index in [1.54, 1.807) is 0 Å². The van der Waals surface area contributed by atoms with Gasteiger partial charge < -0.3 is 0 Å². The number of rotatable bonds is 0. The molecular formula is C31H18N4. The minimum Gasteiger partial charge on any atom is -0.290 e. The molecule has 7 aromatic rings. The summed E-state index contributed by atoms with van der Waals surface area (Å²) in [6, 6.07) is 22.4. The molecule has 0 spiro atoms. The Morgan fingerprint density at radius 2 is 1.37 bits per heavy atom. The SMILES string of the molecule is c1ccc2c(c1)Cc1ccc3c(c1-2)-c1cc2nc4c5ccncc5c5ccncc5n4c2cc1C3. The molecule has 0 amide bonds. The number of hydrogen-bond acceptors (Lipinski definition) is 3. The van der Waals surface area contributed by atoms with Crippen molar-refractivity contribution in [3.8, 4) is 22.3 Å². The lowest BCUT2D eigenvalue weighted by Crippen LogP contribution is -1.93. The van der Waals surface area contributed by atoms with Crippen molar-refractivity contribution in [1.29, 1.82) is 0 Å². The van der Waals surface area contributed by atoms with E-state index in [0.29, 0.717) is 0 Å². The molecule has 0 bridgehead atoms. The van der Waals surface area contributed by atoms with E-state index in [2.05, 4.69) is 75.0 Å². The molecule has 162 valence electrons. The number of benzene rings is 3. The number of imidazole rings is 1. The van der Waals surface area contributed by atoms with Crippen molar-refractivity contribution in [3.05, 3.63) is 108 Å². The lowest BCUT2D eigenvalue weighted by molar-refractivity contribution is 1.23. The van der Waals surface area contributed by atoms with Gasteiger partial charge in [0.2, 0.25) is 0 Å². The summed E-state index contributed by atoms with van der Waals surface area (Å²) in [5.74, 6) is 0. The molecule has 2 aliphatic carbocycles. The second-order valence-corrected chi connectivity index (χ2v) is 9.73. The maximum absolute atomic E-state index is 5.19. The number of hydrogen-bond donors (Lipinski definition) is 0. The molecule has 0 radical (unpaired) electrons. The van der Waals surface area contributed by atoms with Crippen LogP contribution in [0.3, 0.4) is 0 Å². The molecule has 4 heteroatoms. The van der Waals surface area contributed by atoms with E-state index in [1.807, 2.05) is 24.8 Å². The summed E-state index contributed by atoms with van der Waals surface area (Å²) in [5.41, 5.74) is 15.4. The Hall–Kier alpha value is -4.57. The molecule has 0 atom stereocenters. The second-order valence-electron chi connectivity index (χ2n) is 9.73. The van der Waals surface area contributed by atoms with Gasteiger partial charge in [0.15, 0.2) is 0 Å². The standard InChI is InChI=1S/C31H18N4/c1-2-4-21-17(3-1)11-18-5-6-19-12-20-13-27-26(14-24(20)30(19)29(18)21)34-31-23-8-10-32-15-25(23)22-7-9-33-16-28(22)35(27)31/h1-10,13-16H,11-12H2. The molecule has 4 heterocycles. The normalized spacial score (nSPS) is 13.5. The topological polar surface area (TPSA) is 43.1 Å². The fourth-order valence-electron chi connectivity index (χ4n) is 6.49. The van der Waals surface area contributed by atoms with E-state index >= 15 is 0 Å². The van der Waals surface area contributed by atoms with Crippen molar-refractivity contribution in [2.24, 2.45) is 0 Å². The molecule has 0 saturated carbocycles. The first-order valence-electron chi connectivity index (χ1n) is 12.0. The Morgan fingerprint density at radius 3 is 2.29 bits per heavy atom. The first-order valence-corrected chi connectivity index (χ1v) is 12.0. The highest BCUT2D eigenvalue weighted by Gasteiger charge is 2.29. The lowest BCUT2D eigenvalue weighted by atomic mass is 9.94. The van der Waals surface area contributed by atoms with Crippen molar-refractivity contribution in [2.45, 2.75) is 12.8 Å². The average molecular weight is 447 g/mol. The van der Waals surface area contributed by atoms with Gasteiger partial charge in [-0.3, -0.25) is 14.4 Å². The van der Waals surface area contributed by atoms with Crippen molar-refractivity contribution < 1.29 is 0 Å². The minimum absolute atomic E-state index is 0.955. The van der Waals surface area contributed by atoms with E-state index in [9.17, 15) is 0 Å². The third kappa shape index (κ3) is 2.15. The summed E-state index contributed by atoms with van der Waals surface area (Å²) in [6.45, 7) is 0. The summed E-state index contributed by atoms with van der Waals surface area (Å²) in [7, 11) is 0. The van der Waals surface area contributed by atoms with Crippen LogP contribution >= 0.6 is 0 Å². The Bertz CT molecular complexity index is 2070. The van der Waals surface area contributed by atoms with E-state index < -0.39 is 0 Å². The molecule has 0 saturated heterocycles. The highest BCUT2D eigenvalue weighted by atomic mass is 15.0. The van der Waals surface area contributed by atoms with Crippen molar-refractivity contribution in [2.75, 3.05) is 0 Å². The summed E-state index contributed by atoms with van der Waals surface area (Å²) >= 11 is 0. The first kappa shape index (κ1) is 17.8. The van der Waals surface area contributed by atoms with Gasteiger partial charge in [-0.2, -0.15) is 0 Å². The third-order valence-electron chi connectivity index (χ3n) is 7.97. The maximum atomic E-state index is 5.19. The van der Waals surface area contributed by atoms with Gasteiger partial charge in [-0.15, -0.1) is 0 Å². The predicted molar refractivity (Wildman–Crippen MR) is 140 cm³/mol. The number of aromatic nitrogens is 4. The van der Waals surface area contributed by atoms with Crippen LogP contribution < -0.4 is 0 Å². The van der Waals surface area contributed by atoms with Gasteiger partial charge in [-0.25, -0.2) is 4.98 Å². The number of pyridine rings is 3. The van der Waals surface area contributed by atoms with Crippen LogP contribution in [0.1, 0.15) is 22.3 Å². The molecule has 4 nitrogen and oxygen atoms in total. The summed E-state index contributed by atoms with van der Waals surface area (Å²) in [4.78, 5) is 14.0. The molecule has 35 heavy (non-hydrogen) atoms. The van der Waals surface area contributed by atoms with E-state index in [1.165, 1.54) is 44.5 Å². The van der Waals surface area contributed by atoms with Crippen molar-refractivity contribution in [3.63, 3.8) is 0 Å². The molecule has 4 aromatic heterocycles. The number of nitrogens with zero attached hydrogens (tertiary/aromatic N) is 4. The van der Waals surface area contributed by atoms with Crippen LogP contribution in [-0.4, -0.2) is 19.4 Å². The van der Waals surface area contributed by atoms with Crippen molar-refractivity contribution in [1.82, 2.24) is 19.4 Å². The largest absolute Gasteiger partial charge is 0.290 e. The molecule has 0 N–H and O–H groups in total. The molecule has 0 aliphatic heterocycles. The van der Waals surface area contributed by atoms with Crippen molar-refractivity contribution >= 4 is 38.4 Å². The highest BCUT2D eigenvalue weighted by molar-refractivity contribution is 6.13. The van der Waals surface area contributed by atoms with Crippen LogP contribution in [0.2, 0.25) is 0 Å². The van der Waals surface area contributed by atoms with Crippen LogP contribution in [0.15, 0.2) is 85.5 Å². The quantitative estimate of drug-likeness (QED) is 0.243. The summed E-state index contributed by atoms with van der Waals surface area (Å²) < 4.78 is 2.28. The fourth-order valence-corrected chi connectivity index (χ4v) is 6.49. The monoisotopic (exact) mass is 446 g/mol. The predicted octanol–water partition coefficient (Wildman–Crippen LogP) is 6.73. The summed E-state index contributed by atoms with van der Waals surface area (Å²) in [6.07, 6.45) is 9.56. The zero-order chi connectivity index (χ0) is 22.7. The van der Waals surface area contributed by atoms with E-state index in [4.69, 9.17) is 4.98 Å². The molecule has 2 aliphatic rings. The lowest BCUT2D eigenvalue weighted by Gasteiger charge is -2.10. The highest BCUT2D eigenvalue weighted by Crippen LogP contribution is 2.50. The zero-order valence-corrected chi connectivity index (χ0v) is 18.8. The van der Waals surface area contributed by atoms with E-state index in [-0.39, 0.29) is 0 Å². The van der Waals surface area contributed by atoms with E-state index in [0.717, 1.165) is 51.2 Å². The molecule has 3 aromatic carbocycles. The van der Waals surface area contributed by atoms with Gasteiger partial charge in [0.25, 0.3) is 0 Å². The Kier molecular flexibility index (Phi) is 3.11. The van der Waals surface area contributed by atoms with Crippen LogP contribution in [0.25, 0.3) is 60.6 Å². The Labute approximate surface area is 200 Å². The van der Waals surface area contributed by atoms with Crippen LogP contribution in [0.5, 0.6) is 0 Å². The Morgan fingerprint density at radius 1 is 0.600 bits per heavy atom. The minimum atomic E-state index is 0.955. The van der Waals surface area contributed by atoms with Gasteiger partial charge >= 0.3 is 0 Å². The number of fused-ring (bicyclic) bond motifs is 15. The molecule has 0 fully saturated rings. The molecular weight excluding hydrogens is 428 g/mol. The van der Waals surface area contributed by atoms with Crippen LogP contribution in [-0.2, 0) is 12.8 Å². The molecule has 0 unspecified atom stereocenters. The van der Waals surface area contributed by atoms with Gasteiger partial charge in [-0.1, -0.05) is 36.4 Å². The maximum Gasteiger partial charge on any atom is 0.146 e. The fraction of sp³-hybridized carbons (Fsp3) is 0.0645. The van der Waals surface area contributed by atoms with Gasteiger partial charge in [0.1, 0.15) is 5.65 Å². The summed E-state index contributed by atoms with van der Waals surface area (Å²) in [5, 5.41) is 3.37. The van der Waals surface area contributed by atoms with Crippen LogP contribution in [0.4, 0.5) is 0 Å². The average Bonchev–Trinajstić information content (AvgIpc) is 3.58. The molecule has 9 rings (SSSR count). The Balaban J connectivity index is 1.41. The van der Waals surface area contributed by atoms with Gasteiger partial charge in [-0.05, 0) is 81.6 Å². The first-order chi connectivity index (χ1) is 17.3. The van der Waals surface area contributed by atoms with Crippen LogP contribution in [0, 0.1) is 0 Å². The zero-order valence-electron chi connectivity index (χ0n) is 18.8. The van der Waals surface area contributed by atoms with Gasteiger partial charge in [0, 0.05) is 34.7 Å². The third-order valence-corrected chi connectivity index (χ3v) is 7.97. The smallest absolute Gasteiger partial charge is 0.146 e. The van der Waals surface area contributed by atoms with Gasteiger partial charge in [0.05, 0.1) is 22.7 Å².